The zero-order valence-corrected chi connectivity index (χ0v) is 11.1. The summed E-state index contributed by atoms with van der Waals surface area (Å²) in [7, 11) is 0. The molecule has 1 aliphatic rings. The summed E-state index contributed by atoms with van der Waals surface area (Å²) in [4.78, 5) is 2.50. The number of hydrogen-bond donors (Lipinski definition) is 1. The van der Waals surface area contributed by atoms with Gasteiger partial charge in [0.05, 0.1) is 0 Å². The van der Waals surface area contributed by atoms with E-state index in [9.17, 15) is 0 Å². The summed E-state index contributed by atoms with van der Waals surface area (Å²) in [6.07, 6.45) is 2.58. The first-order valence-electron chi connectivity index (χ1n) is 6.83. The molecule has 0 atom stereocenters. The lowest BCUT2D eigenvalue weighted by Crippen LogP contribution is -2.36. The average molecular weight is 232 g/mol. The molecular weight excluding hydrogens is 208 g/mol. The van der Waals surface area contributed by atoms with Crippen LogP contribution >= 0.6 is 0 Å². The third-order valence-corrected chi connectivity index (χ3v) is 3.51. The van der Waals surface area contributed by atoms with Gasteiger partial charge in [-0.1, -0.05) is 26.0 Å². The van der Waals surface area contributed by atoms with Crippen molar-refractivity contribution in [3.05, 3.63) is 29.8 Å². The Hall–Kier alpha value is -1.02. The molecule has 1 heterocycles. The predicted molar refractivity (Wildman–Crippen MR) is 74.8 cm³/mol. The predicted octanol–water partition coefficient (Wildman–Crippen LogP) is 3.00. The summed E-state index contributed by atoms with van der Waals surface area (Å²) in [5, 5.41) is 3.47. The van der Waals surface area contributed by atoms with E-state index in [0.717, 1.165) is 13.1 Å². The fourth-order valence-corrected chi connectivity index (χ4v) is 2.33. The lowest BCUT2D eigenvalue weighted by atomic mass is 10.0. The molecule has 2 nitrogen and oxygen atoms in total. The van der Waals surface area contributed by atoms with Gasteiger partial charge in [0.2, 0.25) is 0 Å². The Kier molecular flexibility index (Phi) is 4.43. The monoisotopic (exact) mass is 232 g/mol. The zero-order valence-electron chi connectivity index (χ0n) is 11.1. The maximum Gasteiger partial charge on any atom is 0.0366 e. The van der Waals surface area contributed by atoms with Gasteiger partial charge in [0.1, 0.15) is 0 Å². The second kappa shape index (κ2) is 6.06. The number of nitrogens with one attached hydrogen (secondary N) is 1. The SMILES string of the molecule is CC(C)c1ccc(N2CCCCNCC2)cc1. The maximum absolute atomic E-state index is 3.47. The molecule has 1 aromatic rings. The number of nitrogens with zero attached hydrogens (tertiary/aromatic N) is 1. The highest BCUT2D eigenvalue weighted by Crippen LogP contribution is 2.20. The van der Waals surface area contributed by atoms with Gasteiger partial charge < -0.3 is 10.2 Å². The van der Waals surface area contributed by atoms with Gasteiger partial charge in [-0.05, 0) is 43.0 Å². The molecule has 0 saturated carbocycles. The van der Waals surface area contributed by atoms with E-state index in [1.807, 2.05) is 0 Å². The lowest BCUT2D eigenvalue weighted by molar-refractivity contribution is 0.567. The van der Waals surface area contributed by atoms with Crippen molar-refractivity contribution < 1.29 is 0 Å². The van der Waals surface area contributed by atoms with Gasteiger partial charge in [0.25, 0.3) is 0 Å². The van der Waals surface area contributed by atoms with Crippen molar-refractivity contribution in [1.82, 2.24) is 5.32 Å². The van der Waals surface area contributed by atoms with Crippen LogP contribution in [0.15, 0.2) is 24.3 Å². The molecule has 1 aromatic carbocycles. The minimum atomic E-state index is 0.623. The third kappa shape index (κ3) is 3.47. The first-order chi connectivity index (χ1) is 8.27. The highest BCUT2D eigenvalue weighted by molar-refractivity contribution is 5.48. The van der Waals surface area contributed by atoms with E-state index in [4.69, 9.17) is 0 Å². The molecule has 0 bridgehead atoms. The van der Waals surface area contributed by atoms with E-state index < -0.39 is 0 Å². The van der Waals surface area contributed by atoms with Gasteiger partial charge in [-0.25, -0.2) is 0 Å². The quantitative estimate of drug-likeness (QED) is 0.843. The third-order valence-electron chi connectivity index (χ3n) is 3.51. The Labute approximate surface area is 105 Å². The Bertz CT molecular complexity index is 321. The van der Waals surface area contributed by atoms with Crippen molar-refractivity contribution in [3.63, 3.8) is 0 Å². The van der Waals surface area contributed by atoms with Crippen molar-refractivity contribution in [2.45, 2.75) is 32.6 Å². The fourth-order valence-electron chi connectivity index (χ4n) is 2.33. The molecule has 0 spiro atoms. The van der Waals surface area contributed by atoms with Gasteiger partial charge in [-0.2, -0.15) is 0 Å². The standard InChI is InChI=1S/C15H24N2/c1-13(2)14-5-7-15(8-6-14)17-11-4-3-9-16-10-12-17/h5-8,13,16H,3-4,9-12H2,1-2H3. The molecule has 2 heteroatoms. The van der Waals surface area contributed by atoms with Crippen LogP contribution in [0.1, 0.15) is 38.2 Å². The Balaban J connectivity index is 2.04. The molecule has 1 N–H and O–H groups in total. The van der Waals surface area contributed by atoms with Crippen LogP contribution in [-0.4, -0.2) is 26.2 Å². The van der Waals surface area contributed by atoms with Gasteiger partial charge in [0, 0.05) is 25.3 Å². The van der Waals surface area contributed by atoms with Crippen LogP contribution in [0.5, 0.6) is 0 Å². The lowest BCUT2D eigenvalue weighted by Gasteiger charge is -2.27. The van der Waals surface area contributed by atoms with Gasteiger partial charge >= 0.3 is 0 Å². The van der Waals surface area contributed by atoms with E-state index >= 15 is 0 Å². The zero-order chi connectivity index (χ0) is 12.1. The first kappa shape index (κ1) is 12.4. The molecule has 94 valence electrons. The highest BCUT2D eigenvalue weighted by atomic mass is 15.1. The highest BCUT2D eigenvalue weighted by Gasteiger charge is 2.08. The molecule has 0 aliphatic carbocycles. The number of benzene rings is 1. The molecule has 0 radical (unpaired) electrons. The second-order valence-electron chi connectivity index (χ2n) is 5.19. The van der Waals surface area contributed by atoms with E-state index in [0.29, 0.717) is 5.92 Å². The van der Waals surface area contributed by atoms with Crippen LogP contribution in [0.25, 0.3) is 0 Å². The summed E-state index contributed by atoms with van der Waals surface area (Å²) in [5.74, 6) is 0.623. The summed E-state index contributed by atoms with van der Waals surface area (Å²) in [6.45, 7) is 9.10. The van der Waals surface area contributed by atoms with E-state index in [1.54, 1.807) is 0 Å². The number of hydrogen-bond acceptors (Lipinski definition) is 2. The van der Waals surface area contributed by atoms with Gasteiger partial charge in [-0.15, -0.1) is 0 Å². The summed E-state index contributed by atoms with van der Waals surface area (Å²) in [5.41, 5.74) is 2.80. The van der Waals surface area contributed by atoms with E-state index in [-0.39, 0.29) is 0 Å². The number of rotatable bonds is 2. The molecule has 2 rings (SSSR count). The van der Waals surface area contributed by atoms with Gasteiger partial charge in [-0.3, -0.25) is 0 Å². The molecule has 17 heavy (non-hydrogen) atoms. The summed E-state index contributed by atoms with van der Waals surface area (Å²) < 4.78 is 0. The topological polar surface area (TPSA) is 15.3 Å². The van der Waals surface area contributed by atoms with Crippen molar-refractivity contribution in [1.29, 1.82) is 0 Å². The molecule has 1 fully saturated rings. The normalized spacial score (nSPS) is 17.9. The van der Waals surface area contributed by atoms with Gasteiger partial charge in [0.15, 0.2) is 0 Å². The summed E-state index contributed by atoms with van der Waals surface area (Å²) in [6, 6.07) is 9.09. The van der Waals surface area contributed by atoms with Crippen LogP contribution in [-0.2, 0) is 0 Å². The molecular formula is C15H24N2. The number of anilines is 1. The fraction of sp³-hybridized carbons (Fsp3) is 0.600. The van der Waals surface area contributed by atoms with Crippen molar-refractivity contribution in [2.75, 3.05) is 31.1 Å². The molecule has 0 amide bonds. The minimum absolute atomic E-state index is 0.623. The summed E-state index contributed by atoms with van der Waals surface area (Å²) >= 11 is 0. The van der Waals surface area contributed by atoms with Crippen LogP contribution in [0.4, 0.5) is 5.69 Å². The largest absolute Gasteiger partial charge is 0.370 e. The molecule has 1 saturated heterocycles. The van der Waals surface area contributed by atoms with Crippen LogP contribution < -0.4 is 10.2 Å². The Morgan fingerprint density at radius 3 is 2.47 bits per heavy atom. The van der Waals surface area contributed by atoms with Crippen LogP contribution in [0, 0.1) is 0 Å². The van der Waals surface area contributed by atoms with Crippen molar-refractivity contribution in [3.8, 4) is 0 Å². The van der Waals surface area contributed by atoms with Crippen LogP contribution in [0.3, 0.4) is 0 Å². The molecule has 1 aliphatic heterocycles. The molecule has 0 unspecified atom stereocenters. The Morgan fingerprint density at radius 2 is 1.76 bits per heavy atom. The Morgan fingerprint density at radius 1 is 1.00 bits per heavy atom. The van der Waals surface area contributed by atoms with Crippen molar-refractivity contribution >= 4 is 5.69 Å². The first-order valence-corrected chi connectivity index (χ1v) is 6.83. The van der Waals surface area contributed by atoms with Crippen LogP contribution in [0.2, 0.25) is 0 Å². The van der Waals surface area contributed by atoms with E-state index in [2.05, 4.69) is 48.3 Å². The molecule has 0 aromatic heterocycles. The van der Waals surface area contributed by atoms with E-state index in [1.165, 1.54) is 37.2 Å². The maximum atomic E-state index is 3.47. The second-order valence-corrected chi connectivity index (χ2v) is 5.19. The van der Waals surface area contributed by atoms with Crippen molar-refractivity contribution in [2.24, 2.45) is 0 Å². The smallest absolute Gasteiger partial charge is 0.0366 e. The average Bonchev–Trinajstić information content (AvgIpc) is 2.29. The minimum Gasteiger partial charge on any atom is -0.370 e.